The molecule has 2 rings (SSSR count). The monoisotopic (exact) mass is 297 g/mol. The molecule has 0 amide bonds. The number of nitrogens with one attached hydrogen (secondary N) is 2. The maximum absolute atomic E-state index is 10.5. The van der Waals surface area contributed by atoms with Gasteiger partial charge in [0.1, 0.15) is 0 Å². The lowest BCUT2D eigenvalue weighted by Gasteiger charge is -2.10. The summed E-state index contributed by atoms with van der Waals surface area (Å²) < 4.78 is 10.5. The Balaban J connectivity index is 1.96. The lowest BCUT2D eigenvalue weighted by molar-refractivity contribution is -0.404. The van der Waals surface area contributed by atoms with Crippen LogP contribution in [0.4, 0.5) is 0 Å². The fourth-order valence-electron chi connectivity index (χ4n) is 1.70. The number of fused-ring (bicyclic) bond motifs is 1. The second-order valence-corrected chi connectivity index (χ2v) is 4.47. The molecule has 1 aromatic rings. The van der Waals surface area contributed by atoms with E-state index in [-0.39, 0.29) is 6.79 Å². The van der Waals surface area contributed by atoms with Crippen LogP contribution in [0.2, 0.25) is 0 Å². The predicted octanol–water partition coefficient (Wildman–Crippen LogP) is 1.10. The molecule has 8 heteroatoms. The Kier molecular flexibility index (Phi) is 4.94. The van der Waals surface area contributed by atoms with Crippen molar-refractivity contribution in [2.75, 3.05) is 19.1 Å². The van der Waals surface area contributed by atoms with Crippen LogP contribution in [0.25, 0.3) is 0 Å². The standard InChI is InChI=1S/C12H15N3O4S/c16-15(17)7-12(13-3-4-20)14-6-9-1-2-10-11(5-9)19-8-18-10/h1-2,5,7,13-14,20H,3-4,6,8H2/b12-7+. The number of ether oxygens (including phenoxy) is 2. The molecule has 20 heavy (non-hydrogen) atoms. The van der Waals surface area contributed by atoms with Gasteiger partial charge in [-0.05, 0) is 17.7 Å². The molecule has 0 radical (unpaired) electrons. The minimum Gasteiger partial charge on any atom is -0.454 e. The summed E-state index contributed by atoms with van der Waals surface area (Å²) in [5.41, 5.74) is 0.941. The first-order valence-electron chi connectivity index (χ1n) is 6.01. The van der Waals surface area contributed by atoms with Crippen LogP contribution in [0.3, 0.4) is 0 Å². The number of nitrogens with zero attached hydrogens (tertiary/aromatic N) is 1. The molecule has 0 saturated carbocycles. The van der Waals surface area contributed by atoms with Gasteiger partial charge < -0.3 is 20.1 Å². The number of hydrogen-bond donors (Lipinski definition) is 3. The predicted molar refractivity (Wildman–Crippen MR) is 76.3 cm³/mol. The van der Waals surface area contributed by atoms with E-state index in [9.17, 15) is 10.1 Å². The molecule has 1 aromatic carbocycles. The Morgan fingerprint density at radius 1 is 1.40 bits per heavy atom. The van der Waals surface area contributed by atoms with Crippen LogP contribution in [-0.4, -0.2) is 24.0 Å². The highest BCUT2D eigenvalue weighted by Gasteiger charge is 2.13. The number of hydrogen-bond acceptors (Lipinski definition) is 7. The molecule has 1 aliphatic heterocycles. The van der Waals surface area contributed by atoms with Gasteiger partial charge in [-0.15, -0.1) is 0 Å². The summed E-state index contributed by atoms with van der Waals surface area (Å²) in [5.74, 6) is 2.33. The van der Waals surface area contributed by atoms with Crippen LogP contribution < -0.4 is 20.1 Å². The van der Waals surface area contributed by atoms with Crippen LogP contribution in [-0.2, 0) is 6.54 Å². The molecule has 0 spiro atoms. The zero-order chi connectivity index (χ0) is 14.4. The van der Waals surface area contributed by atoms with E-state index >= 15 is 0 Å². The molecule has 0 fully saturated rings. The Morgan fingerprint density at radius 3 is 2.95 bits per heavy atom. The van der Waals surface area contributed by atoms with E-state index in [0.717, 1.165) is 11.8 Å². The molecule has 1 heterocycles. The van der Waals surface area contributed by atoms with E-state index in [2.05, 4.69) is 23.3 Å². The fraction of sp³-hybridized carbons (Fsp3) is 0.333. The maximum atomic E-state index is 10.5. The fourth-order valence-corrected chi connectivity index (χ4v) is 1.81. The molecule has 0 aromatic heterocycles. The molecule has 0 unspecified atom stereocenters. The van der Waals surface area contributed by atoms with Crippen molar-refractivity contribution in [1.82, 2.24) is 10.6 Å². The van der Waals surface area contributed by atoms with Gasteiger partial charge >= 0.3 is 0 Å². The van der Waals surface area contributed by atoms with Crippen molar-refractivity contribution >= 4 is 12.6 Å². The SMILES string of the molecule is O=[N+]([O-])/C=C(\NCCS)NCc1ccc2c(c1)OCO2. The average molecular weight is 297 g/mol. The van der Waals surface area contributed by atoms with E-state index in [1.165, 1.54) is 0 Å². The van der Waals surface area contributed by atoms with Crippen LogP contribution in [0.15, 0.2) is 30.2 Å². The van der Waals surface area contributed by atoms with Crippen molar-refractivity contribution in [1.29, 1.82) is 0 Å². The second kappa shape index (κ2) is 6.90. The summed E-state index contributed by atoms with van der Waals surface area (Å²) >= 11 is 4.05. The molecule has 1 aliphatic rings. The van der Waals surface area contributed by atoms with E-state index in [1.807, 2.05) is 18.2 Å². The Labute approximate surface area is 121 Å². The van der Waals surface area contributed by atoms with Crippen LogP contribution >= 0.6 is 12.6 Å². The van der Waals surface area contributed by atoms with Gasteiger partial charge in [0.25, 0.3) is 6.20 Å². The second-order valence-electron chi connectivity index (χ2n) is 4.02. The normalized spacial score (nSPS) is 13.2. The largest absolute Gasteiger partial charge is 0.454 e. The van der Waals surface area contributed by atoms with Gasteiger partial charge in [-0.2, -0.15) is 12.6 Å². The first-order chi connectivity index (χ1) is 9.69. The van der Waals surface area contributed by atoms with Gasteiger partial charge in [0.15, 0.2) is 17.3 Å². The highest BCUT2D eigenvalue weighted by Crippen LogP contribution is 2.32. The molecule has 0 bridgehead atoms. The third-order valence-corrected chi connectivity index (χ3v) is 2.81. The van der Waals surface area contributed by atoms with Gasteiger partial charge in [-0.25, -0.2) is 0 Å². The van der Waals surface area contributed by atoms with Crippen molar-refractivity contribution < 1.29 is 14.4 Å². The van der Waals surface area contributed by atoms with Crippen LogP contribution in [0.1, 0.15) is 5.56 Å². The molecule has 2 N–H and O–H groups in total. The van der Waals surface area contributed by atoms with E-state index in [0.29, 0.717) is 36.2 Å². The topological polar surface area (TPSA) is 85.7 Å². The Hall–Kier alpha value is -2.09. The van der Waals surface area contributed by atoms with Crippen molar-refractivity contribution in [2.24, 2.45) is 0 Å². The van der Waals surface area contributed by atoms with Crippen molar-refractivity contribution in [3.8, 4) is 11.5 Å². The van der Waals surface area contributed by atoms with Crippen molar-refractivity contribution in [2.45, 2.75) is 6.54 Å². The quantitative estimate of drug-likeness (QED) is 0.397. The molecule has 7 nitrogen and oxygen atoms in total. The van der Waals surface area contributed by atoms with Gasteiger partial charge in [0, 0.05) is 18.8 Å². The lowest BCUT2D eigenvalue weighted by atomic mass is 10.2. The third kappa shape index (κ3) is 3.95. The summed E-state index contributed by atoms with van der Waals surface area (Å²) in [6, 6.07) is 5.54. The molecule has 0 saturated heterocycles. The van der Waals surface area contributed by atoms with Gasteiger partial charge in [-0.1, -0.05) is 6.07 Å². The third-order valence-electron chi connectivity index (χ3n) is 2.58. The number of benzene rings is 1. The van der Waals surface area contributed by atoms with Gasteiger partial charge in [0.05, 0.1) is 4.92 Å². The maximum Gasteiger partial charge on any atom is 0.274 e. The van der Waals surface area contributed by atoms with Crippen molar-refractivity contribution in [3.63, 3.8) is 0 Å². The summed E-state index contributed by atoms with van der Waals surface area (Å²) in [6.45, 7) is 1.20. The zero-order valence-electron chi connectivity index (χ0n) is 10.7. The molecule has 108 valence electrons. The van der Waals surface area contributed by atoms with Crippen molar-refractivity contribution in [3.05, 3.63) is 45.9 Å². The molecule has 0 aliphatic carbocycles. The average Bonchev–Trinajstić information content (AvgIpc) is 2.88. The van der Waals surface area contributed by atoms with E-state index in [1.54, 1.807) is 0 Å². The molecular weight excluding hydrogens is 282 g/mol. The Morgan fingerprint density at radius 2 is 2.20 bits per heavy atom. The highest BCUT2D eigenvalue weighted by molar-refractivity contribution is 7.80. The summed E-state index contributed by atoms with van der Waals surface area (Å²) in [7, 11) is 0. The lowest BCUT2D eigenvalue weighted by Crippen LogP contribution is -2.28. The van der Waals surface area contributed by atoms with Gasteiger partial charge in [0.2, 0.25) is 6.79 Å². The number of thiol groups is 1. The first-order valence-corrected chi connectivity index (χ1v) is 6.64. The van der Waals surface area contributed by atoms with Gasteiger partial charge in [-0.3, -0.25) is 10.1 Å². The summed E-state index contributed by atoms with van der Waals surface area (Å²) in [6.07, 6.45) is 0.899. The van der Waals surface area contributed by atoms with E-state index in [4.69, 9.17) is 9.47 Å². The number of nitro groups is 1. The molecular formula is C12H15N3O4S. The smallest absolute Gasteiger partial charge is 0.274 e. The first kappa shape index (κ1) is 14.3. The summed E-state index contributed by atoms with van der Waals surface area (Å²) in [5, 5.41) is 16.4. The summed E-state index contributed by atoms with van der Waals surface area (Å²) in [4.78, 5) is 10.0. The highest BCUT2D eigenvalue weighted by atomic mass is 32.1. The minimum atomic E-state index is -0.506. The number of rotatable bonds is 7. The zero-order valence-corrected chi connectivity index (χ0v) is 11.6. The molecule has 0 atom stereocenters. The minimum absolute atomic E-state index is 0.224. The van der Waals surface area contributed by atoms with Crippen LogP contribution in [0.5, 0.6) is 11.5 Å². The Bertz CT molecular complexity index is 521. The van der Waals surface area contributed by atoms with E-state index < -0.39 is 4.92 Å². The van der Waals surface area contributed by atoms with Crippen LogP contribution in [0, 0.1) is 10.1 Å².